The van der Waals surface area contributed by atoms with Gasteiger partial charge in [-0.25, -0.2) is 4.98 Å². The molecule has 0 aliphatic carbocycles. The van der Waals surface area contributed by atoms with Crippen LogP contribution in [0.3, 0.4) is 0 Å². The minimum Gasteiger partial charge on any atom is -0.507 e. The molecule has 0 unspecified atom stereocenters. The van der Waals surface area contributed by atoms with E-state index in [1.165, 1.54) is 11.1 Å². The van der Waals surface area contributed by atoms with Gasteiger partial charge >= 0.3 is 0 Å². The van der Waals surface area contributed by atoms with Crippen LogP contribution in [-0.2, 0) is 31.9 Å². The molecule has 0 radical (unpaired) electrons. The largest absolute Gasteiger partial charge is 0.507 e. The molecule has 0 saturated heterocycles. The molecule has 8 aromatic rings. The van der Waals surface area contributed by atoms with Crippen LogP contribution in [0.1, 0.15) is 58.2 Å². The van der Waals surface area contributed by atoms with Gasteiger partial charge in [0.05, 0.1) is 22.7 Å². The Morgan fingerprint density at radius 3 is 1.93 bits per heavy atom. The fourth-order valence-electron chi connectivity index (χ4n) is 7.24. The monoisotopic (exact) mass is 922 g/mol. The van der Waals surface area contributed by atoms with Gasteiger partial charge in [0, 0.05) is 44.2 Å². The molecular formula is C51H43N4OPt-. The van der Waals surface area contributed by atoms with E-state index >= 15 is 0 Å². The Labute approximate surface area is 349 Å². The summed E-state index contributed by atoms with van der Waals surface area (Å²) in [6.45, 7) is 13.5. The summed E-state index contributed by atoms with van der Waals surface area (Å²) in [6, 6.07) is 52.9. The number of imidazole rings is 1. The van der Waals surface area contributed by atoms with Crippen molar-refractivity contribution in [3.63, 3.8) is 0 Å². The Morgan fingerprint density at radius 1 is 0.614 bits per heavy atom. The molecule has 0 aliphatic heterocycles. The summed E-state index contributed by atoms with van der Waals surface area (Å²) in [5.41, 5.74) is 13.1. The molecule has 6 aromatic carbocycles. The number of para-hydroxylation sites is 2. The molecule has 0 atom stereocenters. The number of rotatable bonds is 6. The van der Waals surface area contributed by atoms with Crippen molar-refractivity contribution < 1.29 is 26.2 Å². The third-order valence-corrected chi connectivity index (χ3v) is 10.4. The number of phenolic OH excluding ortho intramolecular Hbond substituents is 1. The number of pyridine rings is 1. The van der Waals surface area contributed by atoms with Crippen LogP contribution in [0, 0.1) is 17.4 Å². The fourth-order valence-corrected chi connectivity index (χ4v) is 7.24. The van der Waals surface area contributed by atoms with Gasteiger partial charge in [-0.15, -0.1) is 23.8 Å². The molecule has 6 heteroatoms. The maximum absolute atomic E-state index is 11.5. The fraction of sp³-hybridized carbons (Fsp3) is 0.157. The van der Waals surface area contributed by atoms with Gasteiger partial charge in [-0.05, 0) is 81.1 Å². The summed E-state index contributed by atoms with van der Waals surface area (Å²) in [5.74, 6) is 0.761. The van der Waals surface area contributed by atoms with Crippen LogP contribution in [0.4, 0.5) is 0 Å². The summed E-state index contributed by atoms with van der Waals surface area (Å²) in [5, 5.41) is 21.6. The van der Waals surface area contributed by atoms with Crippen molar-refractivity contribution >= 4 is 11.0 Å². The average Bonchev–Trinajstić information content (AvgIpc) is 3.60. The van der Waals surface area contributed by atoms with Gasteiger partial charge in [-0.3, -0.25) is 9.55 Å². The van der Waals surface area contributed by atoms with Crippen LogP contribution in [0.15, 0.2) is 146 Å². The third kappa shape index (κ3) is 7.71. The number of aromatic hydroxyl groups is 1. The van der Waals surface area contributed by atoms with Crippen LogP contribution >= 0.6 is 0 Å². The van der Waals surface area contributed by atoms with Crippen molar-refractivity contribution in [2.75, 3.05) is 0 Å². The molecule has 284 valence electrons. The molecule has 2 heterocycles. The van der Waals surface area contributed by atoms with E-state index in [1.807, 2.05) is 54.6 Å². The van der Waals surface area contributed by atoms with Crippen LogP contribution < -0.4 is 0 Å². The van der Waals surface area contributed by atoms with Crippen LogP contribution in [0.5, 0.6) is 5.75 Å². The van der Waals surface area contributed by atoms with Gasteiger partial charge in [0.1, 0.15) is 11.6 Å². The maximum atomic E-state index is 11.5. The zero-order valence-electron chi connectivity index (χ0n) is 32.9. The van der Waals surface area contributed by atoms with E-state index in [2.05, 4.69) is 125 Å². The summed E-state index contributed by atoms with van der Waals surface area (Å²) >= 11 is 0. The number of hydrogen-bond acceptors (Lipinski definition) is 4. The zero-order valence-corrected chi connectivity index (χ0v) is 35.2. The Bertz CT molecular complexity index is 2750. The SMILES string of the molecule is CC(C)(C)c1cc(-c2cc(-c3ncccc3C#N)[c-]c(-c3cccc4c3nc(-c3cc(-c5ccccc5)ccc3O)n4-c3ccccc3)c2)cc(C(C)(C)C)c1.[Pt]. The molecule has 2 aromatic heterocycles. The Kier molecular flexibility index (Phi) is 10.6. The molecule has 0 aliphatic rings. The molecule has 5 nitrogen and oxygen atoms in total. The minimum atomic E-state index is -0.0762. The van der Waals surface area contributed by atoms with Gasteiger partial charge in [-0.2, -0.15) is 5.26 Å². The summed E-state index contributed by atoms with van der Waals surface area (Å²) < 4.78 is 2.11. The Hall–Kier alpha value is -6.08. The quantitative estimate of drug-likeness (QED) is 0.169. The number of benzene rings is 6. The normalized spacial score (nSPS) is 11.6. The number of fused-ring (bicyclic) bond motifs is 1. The van der Waals surface area contributed by atoms with Crippen molar-refractivity contribution in [2.45, 2.75) is 52.4 Å². The maximum Gasteiger partial charge on any atom is 0.148 e. The topological polar surface area (TPSA) is 74.7 Å². The van der Waals surface area contributed by atoms with E-state index in [1.54, 1.807) is 24.4 Å². The second-order valence-corrected chi connectivity index (χ2v) is 16.4. The first-order valence-electron chi connectivity index (χ1n) is 18.9. The smallest absolute Gasteiger partial charge is 0.148 e. The van der Waals surface area contributed by atoms with Crippen molar-refractivity contribution in [3.8, 4) is 73.5 Å². The number of nitrogens with zero attached hydrogens (tertiary/aromatic N) is 4. The standard InChI is InChI=1S/C51H43N4O.Pt/c1-50(2,3)40-28-37(29-41(31-40)51(4,5)6)36-25-38(27-39(26-36)47-35(32-52)17-14-24-53-47)43-20-13-21-45-48(43)54-49(55(45)42-18-11-8-12-19-42)44-30-34(22-23-46(44)56)33-15-9-7-10-16-33;/h7-26,28-31,56H,1-6H3;/q-1;. The minimum absolute atomic E-state index is 0. The van der Waals surface area contributed by atoms with Crippen molar-refractivity contribution in [1.29, 1.82) is 5.26 Å². The van der Waals surface area contributed by atoms with E-state index in [0.717, 1.165) is 55.7 Å². The Morgan fingerprint density at radius 2 is 1.26 bits per heavy atom. The molecule has 57 heavy (non-hydrogen) atoms. The predicted molar refractivity (Wildman–Crippen MR) is 229 cm³/mol. The molecular weight excluding hydrogens is 880 g/mol. The van der Waals surface area contributed by atoms with Gasteiger partial charge < -0.3 is 5.11 Å². The van der Waals surface area contributed by atoms with Crippen molar-refractivity contribution in [3.05, 3.63) is 168 Å². The molecule has 8 rings (SSSR count). The predicted octanol–water partition coefficient (Wildman–Crippen LogP) is 12.7. The van der Waals surface area contributed by atoms with E-state index in [0.29, 0.717) is 22.6 Å². The second-order valence-electron chi connectivity index (χ2n) is 16.4. The zero-order chi connectivity index (χ0) is 39.2. The number of hydrogen-bond donors (Lipinski definition) is 1. The second kappa shape index (κ2) is 15.5. The first-order valence-corrected chi connectivity index (χ1v) is 18.9. The first kappa shape index (κ1) is 39.2. The average molecular weight is 923 g/mol. The van der Waals surface area contributed by atoms with E-state index in [4.69, 9.17) is 9.97 Å². The van der Waals surface area contributed by atoms with E-state index < -0.39 is 0 Å². The molecule has 0 saturated carbocycles. The summed E-state index contributed by atoms with van der Waals surface area (Å²) in [4.78, 5) is 10.1. The van der Waals surface area contributed by atoms with E-state index in [9.17, 15) is 10.4 Å². The molecule has 0 bridgehead atoms. The summed E-state index contributed by atoms with van der Waals surface area (Å²) in [7, 11) is 0. The number of aromatic nitrogens is 3. The van der Waals surface area contributed by atoms with Gasteiger partial charge in [0.2, 0.25) is 0 Å². The molecule has 0 amide bonds. The third-order valence-electron chi connectivity index (χ3n) is 10.4. The number of phenols is 1. The van der Waals surface area contributed by atoms with E-state index in [-0.39, 0.29) is 37.6 Å². The summed E-state index contributed by atoms with van der Waals surface area (Å²) in [6.07, 6.45) is 1.72. The van der Waals surface area contributed by atoms with Crippen LogP contribution in [0.25, 0.3) is 72.7 Å². The van der Waals surface area contributed by atoms with Gasteiger partial charge in [0.25, 0.3) is 0 Å². The van der Waals surface area contributed by atoms with Crippen LogP contribution in [-0.4, -0.2) is 19.6 Å². The van der Waals surface area contributed by atoms with Crippen LogP contribution in [0.2, 0.25) is 0 Å². The molecule has 0 spiro atoms. The number of nitriles is 1. The Balaban J connectivity index is 0.00000496. The van der Waals surface area contributed by atoms with Crippen molar-refractivity contribution in [2.24, 2.45) is 0 Å². The first-order chi connectivity index (χ1) is 26.9. The molecule has 0 fully saturated rings. The van der Waals surface area contributed by atoms with Gasteiger partial charge in [-0.1, -0.05) is 143 Å². The molecule has 1 N–H and O–H groups in total. The van der Waals surface area contributed by atoms with Crippen molar-refractivity contribution in [1.82, 2.24) is 14.5 Å². The van der Waals surface area contributed by atoms with Gasteiger partial charge in [0.15, 0.2) is 0 Å².